The minimum Gasteiger partial charge on any atom is -0.356 e. The third-order valence-electron chi connectivity index (χ3n) is 5.32. The van der Waals surface area contributed by atoms with Gasteiger partial charge in [0.05, 0.1) is 23.1 Å². The van der Waals surface area contributed by atoms with E-state index in [2.05, 4.69) is 38.9 Å². The highest BCUT2D eigenvalue weighted by molar-refractivity contribution is 5.78. The van der Waals surface area contributed by atoms with E-state index in [0.717, 1.165) is 65.8 Å². The highest BCUT2D eigenvalue weighted by Crippen LogP contribution is 2.34. The number of piperidine rings is 1. The molecule has 0 saturated carbocycles. The van der Waals surface area contributed by atoms with Crippen molar-refractivity contribution in [1.29, 1.82) is 0 Å². The molecule has 0 aliphatic carbocycles. The van der Waals surface area contributed by atoms with E-state index in [9.17, 15) is 0 Å². The summed E-state index contributed by atoms with van der Waals surface area (Å²) in [6.07, 6.45) is 8.61. The number of anilines is 1. The van der Waals surface area contributed by atoms with E-state index in [1.54, 1.807) is 12.4 Å². The second kappa shape index (κ2) is 7.66. The van der Waals surface area contributed by atoms with Gasteiger partial charge in [-0.2, -0.15) is 0 Å². The van der Waals surface area contributed by atoms with Crippen LogP contribution in [0, 0.1) is 19.8 Å². The van der Waals surface area contributed by atoms with Gasteiger partial charge in [0.15, 0.2) is 5.76 Å². The topological polar surface area (TPSA) is 80.8 Å². The summed E-state index contributed by atoms with van der Waals surface area (Å²) in [5.41, 5.74) is 5.10. The Bertz CT molecular complexity index is 966. The molecule has 3 aromatic heterocycles. The molecule has 0 unspecified atom stereocenters. The fraction of sp³-hybridized carbons (Fsp3) is 0.476. The molecule has 146 valence electrons. The molecule has 0 amide bonds. The van der Waals surface area contributed by atoms with Crippen LogP contribution in [-0.4, -0.2) is 38.2 Å². The molecule has 1 atom stereocenters. The van der Waals surface area contributed by atoms with Crippen molar-refractivity contribution >= 4 is 5.95 Å². The van der Waals surface area contributed by atoms with E-state index in [4.69, 9.17) is 9.51 Å². The summed E-state index contributed by atoms with van der Waals surface area (Å²) < 4.78 is 5.67. The zero-order chi connectivity index (χ0) is 19.7. The first-order chi connectivity index (χ1) is 13.6. The van der Waals surface area contributed by atoms with Crippen LogP contribution >= 0.6 is 0 Å². The summed E-state index contributed by atoms with van der Waals surface area (Å²) in [5, 5.41) is 4.16. The first-order valence-corrected chi connectivity index (χ1v) is 9.93. The van der Waals surface area contributed by atoms with Gasteiger partial charge in [-0.25, -0.2) is 9.97 Å². The summed E-state index contributed by atoms with van der Waals surface area (Å²) in [4.78, 5) is 20.8. The third kappa shape index (κ3) is 3.48. The number of aryl methyl sites for hydroxylation is 2. The van der Waals surface area contributed by atoms with Crippen LogP contribution in [0.4, 0.5) is 5.95 Å². The molecule has 1 aliphatic rings. The molecule has 0 bridgehead atoms. The van der Waals surface area contributed by atoms with Crippen LogP contribution in [0.3, 0.4) is 0 Å². The molecule has 3 aromatic rings. The zero-order valence-electron chi connectivity index (χ0n) is 16.9. The molecule has 1 saturated heterocycles. The van der Waals surface area contributed by atoms with E-state index >= 15 is 0 Å². The molecule has 0 spiro atoms. The molecule has 1 fully saturated rings. The number of rotatable bonds is 4. The highest BCUT2D eigenvalue weighted by atomic mass is 16.5. The summed E-state index contributed by atoms with van der Waals surface area (Å²) in [5.74, 6) is 2.10. The lowest BCUT2D eigenvalue weighted by Crippen LogP contribution is -2.35. The van der Waals surface area contributed by atoms with Crippen LogP contribution < -0.4 is 4.90 Å². The molecule has 1 aliphatic heterocycles. The van der Waals surface area contributed by atoms with Crippen LogP contribution in [0.1, 0.15) is 43.6 Å². The Kier molecular flexibility index (Phi) is 5.07. The SMILES string of the molecule is CCc1c(C)noc1-c1cnc(N2CCC[C@H](C)C2)nc1-c1cnc(C)cn1. The van der Waals surface area contributed by atoms with Gasteiger partial charge in [0.1, 0.15) is 11.4 Å². The summed E-state index contributed by atoms with van der Waals surface area (Å²) >= 11 is 0. The monoisotopic (exact) mass is 378 g/mol. The van der Waals surface area contributed by atoms with E-state index in [1.807, 2.05) is 20.0 Å². The van der Waals surface area contributed by atoms with Crippen molar-refractivity contribution in [3.63, 3.8) is 0 Å². The summed E-state index contributed by atoms with van der Waals surface area (Å²) in [7, 11) is 0. The van der Waals surface area contributed by atoms with Gasteiger partial charge in [0.2, 0.25) is 5.95 Å². The van der Waals surface area contributed by atoms with Crippen LogP contribution in [-0.2, 0) is 6.42 Å². The second-order valence-corrected chi connectivity index (χ2v) is 7.60. The maximum absolute atomic E-state index is 5.67. The molecular formula is C21H26N6O. The van der Waals surface area contributed by atoms with Crippen LogP contribution in [0.15, 0.2) is 23.1 Å². The summed E-state index contributed by atoms with van der Waals surface area (Å²) in [6, 6.07) is 0. The third-order valence-corrected chi connectivity index (χ3v) is 5.32. The number of hydrogen-bond acceptors (Lipinski definition) is 7. The van der Waals surface area contributed by atoms with Gasteiger partial charge in [0, 0.05) is 31.0 Å². The zero-order valence-corrected chi connectivity index (χ0v) is 16.9. The van der Waals surface area contributed by atoms with Gasteiger partial charge in [-0.3, -0.25) is 9.97 Å². The molecule has 4 rings (SSSR count). The Labute approximate surface area is 165 Å². The Balaban J connectivity index is 1.84. The van der Waals surface area contributed by atoms with Gasteiger partial charge in [-0.1, -0.05) is 19.0 Å². The quantitative estimate of drug-likeness (QED) is 0.678. The Morgan fingerprint density at radius 2 is 2.00 bits per heavy atom. The Morgan fingerprint density at radius 1 is 1.14 bits per heavy atom. The second-order valence-electron chi connectivity index (χ2n) is 7.60. The molecule has 7 nitrogen and oxygen atoms in total. The van der Waals surface area contributed by atoms with E-state index in [1.165, 1.54) is 6.42 Å². The first kappa shape index (κ1) is 18.5. The van der Waals surface area contributed by atoms with Crippen molar-refractivity contribution in [2.24, 2.45) is 5.92 Å². The standard InChI is InChI=1S/C21H26N6O/c1-5-16-15(4)26-28-20(16)17-10-24-21(27-8-6-7-13(2)12-27)25-19(17)18-11-22-14(3)9-23-18/h9-11,13H,5-8,12H2,1-4H3/t13-/m0/s1. The average molecular weight is 378 g/mol. The van der Waals surface area contributed by atoms with Crippen LogP contribution in [0.5, 0.6) is 0 Å². The van der Waals surface area contributed by atoms with Crippen molar-refractivity contribution in [1.82, 2.24) is 25.1 Å². The molecule has 28 heavy (non-hydrogen) atoms. The molecule has 7 heteroatoms. The fourth-order valence-corrected chi connectivity index (χ4v) is 3.79. The van der Waals surface area contributed by atoms with Gasteiger partial charge in [0.25, 0.3) is 0 Å². The van der Waals surface area contributed by atoms with Crippen molar-refractivity contribution in [3.05, 3.63) is 35.5 Å². The van der Waals surface area contributed by atoms with Gasteiger partial charge < -0.3 is 9.42 Å². The predicted molar refractivity (Wildman–Crippen MR) is 108 cm³/mol. The lowest BCUT2D eigenvalue weighted by molar-refractivity contribution is 0.426. The minimum absolute atomic E-state index is 0.642. The highest BCUT2D eigenvalue weighted by Gasteiger charge is 2.24. The van der Waals surface area contributed by atoms with Crippen molar-refractivity contribution < 1.29 is 4.52 Å². The maximum Gasteiger partial charge on any atom is 0.225 e. The Morgan fingerprint density at radius 3 is 2.71 bits per heavy atom. The average Bonchev–Trinajstić information content (AvgIpc) is 3.08. The first-order valence-electron chi connectivity index (χ1n) is 9.93. The fourth-order valence-electron chi connectivity index (χ4n) is 3.79. The normalized spacial score (nSPS) is 17.1. The molecule has 4 heterocycles. The van der Waals surface area contributed by atoms with E-state index in [-0.39, 0.29) is 0 Å². The van der Waals surface area contributed by atoms with Crippen molar-refractivity contribution in [2.45, 2.75) is 47.0 Å². The smallest absolute Gasteiger partial charge is 0.225 e. The minimum atomic E-state index is 0.642. The lowest BCUT2D eigenvalue weighted by atomic mass is 10.0. The number of nitrogens with zero attached hydrogens (tertiary/aromatic N) is 6. The van der Waals surface area contributed by atoms with Gasteiger partial charge in [-0.05, 0) is 39.0 Å². The van der Waals surface area contributed by atoms with Crippen molar-refractivity contribution in [2.75, 3.05) is 18.0 Å². The number of hydrogen-bond donors (Lipinski definition) is 0. The van der Waals surface area contributed by atoms with E-state index < -0.39 is 0 Å². The molecule has 0 N–H and O–H groups in total. The van der Waals surface area contributed by atoms with E-state index in [0.29, 0.717) is 11.6 Å². The van der Waals surface area contributed by atoms with Crippen LogP contribution in [0.25, 0.3) is 22.7 Å². The largest absolute Gasteiger partial charge is 0.356 e. The predicted octanol–water partition coefficient (Wildman–Crippen LogP) is 4.00. The molecular weight excluding hydrogens is 352 g/mol. The number of aromatic nitrogens is 5. The summed E-state index contributed by atoms with van der Waals surface area (Å²) in [6.45, 7) is 10.2. The van der Waals surface area contributed by atoms with Crippen LogP contribution in [0.2, 0.25) is 0 Å². The molecule has 0 aromatic carbocycles. The molecule has 0 radical (unpaired) electrons. The Hall–Kier alpha value is -2.83. The lowest BCUT2D eigenvalue weighted by Gasteiger charge is -2.31. The van der Waals surface area contributed by atoms with Gasteiger partial charge in [-0.15, -0.1) is 0 Å². The van der Waals surface area contributed by atoms with Gasteiger partial charge >= 0.3 is 0 Å². The van der Waals surface area contributed by atoms with Crippen molar-refractivity contribution in [3.8, 4) is 22.7 Å². The maximum atomic E-state index is 5.67.